The van der Waals surface area contributed by atoms with E-state index in [1.54, 1.807) is 30.5 Å². The van der Waals surface area contributed by atoms with Crippen molar-refractivity contribution in [1.29, 1.82) is 0 Å². The maximum atomic E-state index is 13.2. The van der Waals surface area contributed by atoms with Crippen molar-refractivity contribution in [1.82, 2.24) is 19.7 Å². The van der Waals surface area contributed by atoms with Crippen LogP contribution in [0.4, 0.5) is 0 Å². The number of hydrogen-bond acceptors (Lipinski definition) is 5. The molecule has 0 radical (unpaired) electrons. The highest BCUT2D eigenvalue weighted by Crippen LogP contribution is 2.21. The Hall–Kier alpha value is -3.10. The van der Waals surface area contributed by atoms with Crippen LogP contribution >= 0.6 is 11.3 Å². The summed E-state index contributed by atoms with van der Waals surface area (Å²) in [5, 5.41) is 6.57. The summed E-state index contributed by atoms with van der Waals surface area (Å²) >= 11 is 1.74. The van der Waals surface area contributed by atoms with Gasteiger partial charge in [-0.1, -0.05) is 30.3 Å². The summed E-state index contributed by atoms with van der Waals surface area (Å²) in [6, 6.07) is 15.4. The Kier molecular flexibility index (Phi) is 4.80. The molecule has 1 aliphatic rings. The molecular weight excluding hydrogens is 398 g/mol. The van der Waals surface area contributed by atoms with Crippen LogP contribution in [0.15, 0.2) is 53.3 Å². The van der Waals surface area contributed by atoms with E-state index >= 15 is 0 Å². The summed E-state index contributed by atoms with van der Waals surface area (Å²) < 4.78 is 2.47. The minimum atomic E-state index is -0.188. The number of carbonyl (C=O) groups excluding carboxylic acids is 1. The van der Waals surface area contributed by atoms with Crippen molar-refractivity contribution in [3.63, 3.8) is 0 Å². The number of aromatic nitrogens is 3. The zero-order valence-corrected chi connectivity index (χ0v) is 17.5. The molecule has 3 heterocycles. The van der Waals surface area contributed by atoms with Gasteiger partial charge >= 0.3 is 0 Å². The Morgan fingerprint density at radius 3 is 2.53 bits per heavy atom. The van der Waals surface area contributed by atoms with Crippen molar-refractivity contribution in [2.45, 2.75) is 6.54 Å². The summed E-state index contributed by atoms with van der Waals surface area (Å²) in [6.45, 7) is 3.94. The largest absolute Gasteiger partial charge is 0.326 e. The van der Waals surface area contributed by atoms with Crippen molar-refractivity contribution in [3.05, 3.63) is 69.6 Å². The number of nitrogens with zero attached hydrogens (tertiary/aromatic N) is 4. The van der Waals surface area contributed by atoms with Crippen molar-refractivity contribution < 1.29 is 9.69 Å². The average Bonchev–Trinajstić information content (AvgIpc) is 3.18. The van der Waals surface area contributed by atoms with Crippen molar-refractivity contribution in [3.8, 4) is 0 Å². The SMILES string of the molecule is Cn1nc(C(=O)N2CC[NH+](Cc3nc4ccccc4s3)CC2)c2ccccc2c1=O. The van der Waals surface area contributed by atoms with E-state index in [1.165, 1.54) is 14.3 Å². The molecule has 0 spiro atoms. The van der Waals surface area contributed by atoms with Gasteiger partial charge in [0, 0.05) is 12.4 Å². The molecule has 152 valence electrons. The molecule has 1 fully saturated rings. The predicted molar refractivity (Wildman–Crippen MR) is 117 cm³/mol. The van der Waals surface area contributed by atoms with Crippen LogP contribution < -0.4 is 10.5 Å². The highest BCUT2D eigenvalue weighted by Gasteiger charge is 2.27. The fourth-order valence-electron chi connectivity index (χ4n) is 4.02. The maximum Gasteiger partial charge on any atom is 0.275 e. The van der Waals surface area contributed by atoms with Crippen molar-refractivity contribution in [2.75, 3.05) is 26.2 Å². The predicted octanol–water partition coefficient (Wildman–Crippen LogP) is 1.08. The zero-order chi connectivity index (χ0) is 20.7. The van der Waals surface area contributed by atoms with Crippen LogP contribution in [-0.2, 0) is 13.6 Å². The summed E-state index contributed by atoms with van der Waals surface area (Å²) in [4.78, 5) is 33.5. The molecule has 1 amide bonds. The number of thiazole rings is 1. The number of benzene rings is 2. The van der Waals surface area contributed by atoms with Gasteiger partial charge in [0.2, 0.25) is 0 Å². The molecule has 2 aromatic heterocycles. The topological polar surface area (TPSA) is 72.5 Å². The molecule has 1 aliphatic heterocycles. The number of fused-ring (bicyclic) bond motifs is 2. The van der Waals surface area contributed by atoms with Crippen LogP contribution in [0.5, 0.6) is 0 Å². The second kappa shape index (κ2) is 7.62. The van der Waals surface area contributed by atoms with E-state index in [4.69, 9.17) is 4.98 Å². The smallest absolute Gasteiger partial charge is 0.275 e. The molecule has 2 aromatic carbocycles. The van der Waals surface area contributed by atoms with Gasteiger partial charge < -0.3 is 9.80 Å². The van der Waals surface area contributed by atoms with Crippen LogP contribution in [0.3, 0.4) is 0 Å². The van der Waals surface area contributed by atoms with E-state index in [0.29, 0.717) is 29.6 Å². The van der Waals surface area contributed by atoms with Gasteiger partial charge in [0.1, 0.15) is 11.6 Å². The first-order valence-electron chi connectivity index (χ1n) is 10.0. The number of para-hydroxylation sites is 1. The molecule has 5 rings (SSSR count). The number of aryl methyl sites for hydroxylation is 1. The fourth-order valence-corrected chi connectivity index (χ4v) is 5.06. The lowest BCUT2D eigenvalue weighted by Crippen LogP contribution is -3.13. The molecule has 1 saturated heterocycles. The first-order valence-corrected chi connectivity index (χ1v) is 10.8. The van der Waals surface area contributed by atoms with Gasteiger partial charge in [0.05, 0.1) is 41.8 Å². The second-order valence-electron chi connectivity index (χ2n) is 7.62. The van der Waals surface area contributed by atoms with Crippen LogP contribution in [0.1, 0.15) is 15.5 Å². The Morgan fingerprint density at radius 2 is 1.77 bits per heavy atom. The summed E-state index contributed by atoms with van der Waals surface area (Å²) in [7, 11) is 1.59. The zero-order valence-electron chi connectivity index (χ0n) is 16.7. The number of nitrogens with one attached hydrogen (secondary N) is 1. The van der Waals surface area contributed by atoms with Gasteiger partial charge in [-0.2, -0.15) is 5.10 Å². The number of amides is 1. The number of carbonyl (C=O) groups is 1. The first kappa shape index (κ1) is 18.9. The molecular formula is C22H22N5O2S+. The fraction of sp³-hybridized carbons (Fsp3) is 0.273. The number of piperazine rings is 1. The normalized spacial score (nSPS) is 15.2. The third-order valence-electron chi connectivity index (χ3n) is 5.66. The van der Waals surface area contributed by atoms with E-state index in [1.807, 2.05) is 35.2 Å². The van der Waals surface area contributed by atoms with E-state index in [-0.39, 0.29) is 11.5 Å². The third-order valence-corrected chi connectivity index (χ3v) is 6.69. The minimum Gasteiger partial charge on any atom is -0.326 e. The molecule has 1 N–H and O–H groups in total. The molecule has 0 atom stereocenters. The molecule has 0 saturated carbocycles. The molecule has 0 unspecified atom stereocenters. The summed E-state index contributed by atoms with van der Waals surface area (Å²) in [5.41, 5.74) is 1.22. The number of quaternary nitrogens is 1. The van der Waals surface area contributed by atoms with E-state index in [2.05, 4.69) is 11.2 Å². The maximum absolute atomic E-state index is 13.2. The molecule has 0 bridgehead atoms. The van der Waals surface area contributed by atoms with E-state index in [0.717, 1.165) is 30.2 Å². The average molecular weight is 421 g/mol. The molecule has 4 aromatic rings. The molecule has 30 heavy (non-hydrogen) atoms. The van der Waals surface area contributed by atoms with Crippen molar-refractivity contribution in [2.24, 2.45) is 7.05 Å². The lowest BCUT2D eigenvalue weighted by molar-refractivity contribution is -0.917. The second-order valence-corrected chi connectivity index (χ2v) is 8.73. The summed E-state index contributed by atoms with van der Waals surface area (Å²) in [6.07, 6.45) is 0. The Bertz CT molecular complexity index is 1270. The number of hydrogen-bond donors (Lipinski definition) is 1. The van der Waals surface area contributed by atoms with Crippen LogP contribution in [-0.4, -0.2) is 51.8 Å². The van der Waals surface area contributed by atoms with Crippen molar-refractivity contribution >= 4 is 38.2 Å². The molecule has 8 heteroatoms. The van der Waals surface area contributed by atoms with Crippen LogP contribution in [0.2, 0.25) is 0 Å². The highest BCUT2D eigenvalue weighted by molar-refractivity contribution is 7.18. The molecule has 7 nitrogen and oxygen atoms in total. The Balaban J connectivity index is 1.31. The van der Waals surface area contributed by atoms with E-state index in [9.17, 15) is 9.59 Å². The number of rotatable bonds is 3. The van der Waals surface area contributed by atoms with Gasteiger partial charge in [-0.3, -0.25) is 9.59 Å². The Labute approximate surface area is 177 Å². The van der Waals surface area contributed by atoms with E-state index < -0.39 is 0 Å². The van der Waals surface area contributed by atoms with Gasteiger partial charge in [-0.15, -0.1) is 11.3 Å². The molecule has 0 aliphatic carbocycles. The lowest BCUT2D eigenvalue weighted by Gasteiger charge is -2.31. The van der Waals surface area contributed by atoms with Gasteiger partial charge in [-0.05, 0) is 18.2 Å². The highest BCUT2D eigenvalue weighted by atomic mass is 32.1. The quantitative estimate of drug-likeness (QED) is 0.539. The summed E-state index contributed by atoms with van der Waals surface area (Å²) in [5.74, 6) is -0.110. The first-order chi connectivity index (χ1) is 14.6. The van der Waals surface area contributed by atoms with Crippen LogP contribution in [0, 0.1) is 0 Å². The Morgan fingerprint density at radius 1 is 1.07 bits per heavy atom. The van der Waals surface area contributed by atoms with Crippen LogP contribution in [0.25, 0.3) is 21.0 Å². The van der Waals surface area contributed by atoms with Gasteiger partial charge in [0.25, 0.3) is 11.5 Å². The monoisotopic (exact) mass is 420 g/mol. The van der Waals surface area contributed by atoms with Gasteiger partial charge in [0.15, 0.2) is 5.69 Å². The standard InChI is InChI=1S/C22H21N5O2S/c1-25-21(28)16-7-3-2-6-15(16)20(24-25)22(29)27-12-10-26(11-13-27)14-19-23-17-8-4-5-9-18(17)30-19/h2-9H,10-14H2,1H3/p+1. The lowest BCUT2D eigenvalue weighted by atomic mass is 10.1. The third kappa shape index (κ3) is 3.38. The minimum absolute atomic E-state index is 0.110. The van der Waals surface area contributed by atoms with Gasteiger partial charge in [-0.25, -0.2) is 9.67 Å².